The zero-order valence-electron chi connectivity index (χ0n) is 19.2. The van der Waals surface area contributed by atoms with Gasteiger partial charge in [-0.25, -0.2) is 23.4 Å². The van der Waals surface area contributed by atoms with E-state index in [4.69, 9.17) is 10.5 Å². The van der Waals surface area contributed by atoms with E-state index in [-0.39, 0.29) is 24.0 Å². The van der Waals surface area contributed by atoms with Gasteiger partial charge in [0.2, 0.25) is 21.9 Å². The summed E-state index contributed by atoms with van der Waals surface area (Å²) in [6.45, 7) is 4.95. The third kappa shape index (κ3) is 5.54. The van der Waals surface area contributed by atoms with Gasteiger partial charge in [-0.1, -0.05) is 6.07 Å². The van der Waals surface area contributed by atoms with E-state index in [2.05, 4.69) is 29.9 Å². The molecule has 0 fully saturated rings. The van der Waals surface area contributed by atoms with Crippen LogP contribution in [0, 0.1) is 6.92 Å². The molecule has 180 valence electrons. The second kappa shape index (κ2) is 10.4. The number of aryl methyl sites for hydroxylation is 1. The monoisotopic (exact) mass is 486 g/mol. The molecule has 13 heteroatoms. The molecular formula is C21H26N8O4S. The minimum atomic E-state index is -3.95. The molecule has 0 bridgehead atoms. The number of methoxy groups -OCH3 is 1. The average Bonchev–Trinajstić information content (AvgIpc) is 3.22. The zero-order valence-corrected chi connectivity index (χ0v) is 20.0. The third-order valence-corrected chi connectivity index (χ3v) is 6.68. The van der Waals surface area contributed by atoms with Crippen LogP contribution in [0.1, 0.15) is 31.3 Å². The molecule has 3 N–H and O–H groups in total. The van der Waals surface area contributed by atoms with Crippen LogP contribution in [0.3, 0.4) is 0 Å². The number of ether oxygens (including phenoxy) is 1. The number of aromatic nitrogens is 6. The van der Waals surface area contributed by atoms with Crippen LogP contribution in [0.5, 0.6) is 5.88 Å². The lowest BCUT2D eigenvalue weighted by molar-refractivity contribution is -0.117. The molecule has 0 unspecified atom stereocenters. The number of rotatable bonds is 10. The van der Waals surface area contributed by atoms with Crippen molar-refractivity contribution >= 4 is 21.8 Å². The number of carbonyl (C=O) groups is 1. The van der Waals surface area contributed by atoms with Gasteiger partial charge in [0.25, 0.3) is 0 Å². The van der Waals surface area contributed by atoms with Crippen molar-refractivity contribution in [3.05, 3.63) is 54.3 Å². The lowest BCUT2D eigenvalue weighted by Crippen LogP contribution is -2.30. The first kappa shape index (κ1) is 24.8. The van der Waals surface area contributed by atoms with Gasteiger partial charge in [0.15, 0.2) is 11.6 Å². The second-order valence-corrected chi connectivity index (χ2v) is 9.66. The highest BCUT2D eigenvalue weighted by atomic mass is 32.2. The van der Waals surface area contributed by atoms with E-state index in [1.165, 1.54) is 24.7 Å². The summed E-state index contributed by atoms with van der Waals surface area (Å²) < 4.78 is 35.1. The Morgan fingerprint density at radius 3 is 2.59 bits per heavy atom. The number of sulfonamides is 1. The normalized spacial score (nSPS) is 13.5. The van der Waals surface area contributed by atoms with Crippen LogP contribution in [0.15, 0.2) is 42.9 Å². The maximum absolute atomic E-state index is 13.1. The number of allylic oxidation sites excluding steroid dienone is 1. The van der Waals surface area contributed by atoms with E-state index in [1.807, 2.05) is 6.92 Å². The van der Waals surface area contributed by atoms with E-state index in [1.54, 1.807) is 37.5 Å². The van der Waals surface area contributed by atoms with Gasteiger partial charge in [0.1, 0.15) is 11.5 Å². The molecule has 12 nitrogen and oxygen atoms in total. The predicted octanol–water partition coefficient (Wildman–Crippen LogP) is 1.42. The van der Waals surface area contributed by atoms with E-state index < -0.39 is 21.3 Å². The molecule has 0 aliphatic carbocycles. The molecule has 0 amide bonds. The van der Waals surface area contributed by atoms with Crippen LogP contribution in [-0.2, 0) is 21.2 Å². The smallest absolute Gasteiger partial charge is 0.239 e. The predicted molar refractivity (Wildman–Crippen MR) is 125 cm³/mol. The van der Waals surface area contributed by atoms with Gasteiger partial charge >= 0.3 is 0 Å². The first-order chi connectivity index (χ1) is 16.2. The van der Waals surface area contributed by atoms with Crippen molar-refractivity contribution in [3.8, 4) is 17.4 Å². The highest BCUT2D eigenvalue weighted by Gasteiger charge is 2.29. The van der Waals surface area contributed by atoms with Crippen LogP contribution in [-0.4, -0.2) is 56.3 Å². The molecule has 0 saturated carbocycles. The van der Waals surface area contributed by atoms with Gasteiger partial charge in [-0.15, -0.1) is 10.2 Å². The largest absolute Gasteiger partial charge is 0.481 e. The fraction of sp³-hybridized carbons (Fsp3) is 0.333. The van der Waals surface area contributed by atoms with E-state index in [0.29, 0.717) is 17.4 Å². The number of anilines is 1. The van der Waals surface area contributed by atoms with Gasteiger partial charge in [-0.05, 0) is 44.7 Å². The quantitative estimate of drug-likeness (QED) is 0.400. The number of nitrogens with one attached hydrogen (secondary N) is 1. The molecule has 34 heavy (non-hydrogen) atoms. The summed E-state index contributed by atoms with van der Waals surface area (Å²) in [5.74, 6) is 0.373. The topological polar surface area (TPSA) is 168 Å². The zero-order chi connectivity index (χ0) is 24.9. The highest BCUT2D eigenvalue weighted by Crippen LogP contribution is 2.27. The molecule has 3 rings (SSSR count). The number of hydrogen-bond acceptors (Lipinski definition) is 10. The number of pyridine rings is 1. The molecular weight excluding hydrogens is 460 g/mol. The maximum Gasteiger partial charge on any atom is 0.239 e. The lowest BCUT2D eigenvalue weighted by atomic mass is 10.2. The van der Waals surface area contributed by atoms with Gasteiger partial charge < -0.3 is 10.5 Å². The van der Waals surface area contributed by atoms with Crippen LogP contribution >= 0.6 is 0 Å². The van der Waals surface area contributed by atoms with Crippen LogP contribution in [0.25, 0.3) is 11.5 Å². The molecule has 3 heterocycles. The van der Waals surface area contributed by atoms with Crippen molar-refractivity contribution in [2.45, 2.75) is 38.5 Å². The summed E-state index contributed by atoms with van der Waals surface area (Å²) in [5.41, 5.74) is 6.59. The number of nitrogens with two attached hydrogens (primary N) is 1. The Hall–Kier alpha value is -3.87. The average molecular weight is 487 g/mol. The van der Waals surface area contributed by atoms with Crippen molar-refractivity contribution < 1.29 is 17.9 Å². The summed E-state index contributed by atoms with van der Waals surface area (Å²) in [6, 6.07) is 4.11. The first-order valence-corrected chi connectivity index (χ1v) is 11.9. The number of hydrogen-bond donors (Lipinski definition) is 2. The van der Waals surface area contributed by atoms with E-state index >= 15 is 0 Å². The van der Waals surface area contributed by atoms with Crippen molar-refractivity contribution in [1.82, 2.24) is 29.7 Å². The molecule has 0 aliphatic heterocycles. The Morgan fingerprint density at radius 2 is 1.94 bits per heavy atom. The maximum atomic E-state index is 13.1. The molecule has 3 aromatic heterocycles. The summed E-state index contributed by atoms with van der Waals surface area (Å²) in [5, 5.41) is 7.20. The van der Waals surface area contributed by atoms with E-state index in [9.17, 15) is 13.2 Å². The fourth-order valence-corrected chi connectivity index (χ4v) is 4.00. The molecule has 3 aromatic rings. The standard InChI is InChI=1S/C21H26N8O4S/c1-13-11-23-18(24-12-13)10-14(2)34(31,32)28-21-27-26-20(16-6-5-7-19(25-16)33-4)29(21)15(3)17(30)8-9-22/h5-9,11-12,14-15H,10,22H2,1-4H3,(H,27,28)/t14-,15-/m0/s1. The van der Waals surface area contributed by atoms with Crippen LogP contribution < -0.4 is 15.2 Å². The molecule has 0 spiro atoms. The van der Waals surface area contributed by atoms with Crippen molar-refractivity contribution in [2.75, 3.05) is 11.8 Å². The number of carbonyl (C=O) groups excluding carboxylic acids is 1. The van der Waals surface area contributed by atoms with Crippen LogP contribution in [0.4, 0.5) is 5.95 Å². The minimum Gasteiger partial charge on any atom is -0.481 e. The summed E-state index contributed by atoms with van der Waals surface area (Å²) in [4.78, 5) is 25.2. The first-order valence-electron chi connectivity index (χ1n) is 10.3. The fourth-order valence-electron chi connectivity index (χ4n) is 3.04. The number of nitrogens with zero attached hydrogens (tertiary/aromatic N) is 6. The lowest BCUT2D eigenvalue weighted by Gasteiger charge is -2.18. The van der Waals surface area contributed by atoms with Gasteiger partial charge in [-0.2, -0.15) is 0 Å². The summed E-state index contributed by atoms with van der Waals surface area (Å²) >= 11 is 0. The molecule has 2 atom stereocenters. The summed E-state index contributed by atoms with van der Waals surface area (Å²) in [6.07, 6.45) is 5.62. The van der Waals surface area contributed by atoms with Crippen molar-refractivity contribution in [2.24, 2.45) is 5.73 Å². The number of ketones is 1. The van der Waals surface area contributed by atoms with Crippen molar-refractivity contribution in [3.63, 3.8) is 0 Å². The molecule has 0 aromatic carbocycles. The molecule has 0 aliphatic rings. The molecule has 0 saturated heterocycles. The summed E-state index contributed by atoms with van der Waals surface area (Å²) in [7, 11) is -2.48. The van der Waals surface area contributed by atoms with Gasteiger partial charge in [-0.3, -0.25) is 14.1 Å². The van der Waals surface area contributed by atoms with Gasteiger partial charge in [0.05, 0.1) is 18.4 Å². The Morgan fingerprint density at radius 1 is 1.24 bits per heavy atom. The van der Waals surface area contributed by atoms with Crippen molar-refractivity contribution in [1.29, 1.82) is 0 Å². The Balaban J connectivity index is 1.98. The van der Waals surface area contributed by atoms with Gasteiger partial charge in [0, 0.05) is 24.9 Å². The Kier molecular flexibility index (Phi) is 7.56. The minimum absolute atomic E-state index is 0.0818. The van der Waals surface area contributed by atoms with Crippen LogP contribution in [0.2, 0.25) is 0 Å². The second-order valence-electron chi connectivity index (χ2n) is 7.56. The Bertz CT molecular complexity index is 1290. The Labute approximate surface area is 197 Å². The SMILES string of the molecule is COc1cccc(-c2nnc(NS(=O)(=O)[C@@H](C)Cc3ncc(C)cn3)n2[C@@H](C)C(=O)C=CN)n1. The third-order valence-electron chi connectivity index (χ3n) is 4.98. The molecule has 0 radical (unpaired) electrons. The van der Waals surface area contributed by atoms with E-state index in [0.717, 1.165) is 11.8 Å². The highest BCUT2D eigenvalue weighted by molar-refractivity contribution is 7.93.